The molecule has 1 aliphatic carbocycles. The van der Waals surface area contributed by atoms with Crippen LogP contribution in [0.15, 0.2) is 24.3 Å². The lowest BCUT2D eigenvalue weighted by atomic mass is 9.87. The molecule has 1 N–H and O–H groups in total. The number of ether oxygens (including phenoxy) is 1. The fourth-order valence-corrected chi connectivity index (χ4v) is 2.90. The third-order valence-corrected chi connectivity index (χ3v) is 3.93. The molecule has 0 aromatic heterocycles. The van der Waals surface area contributed by atoms with Gasteiger partial charge in [-0.05, 0) is 43.5 Å². The Morgan fingerprint density at radius 1 is 1.06 bits per heavy atom. The van der Waals surface area contributed by atoms with Gasteiger partial charge in [-0.15, -0.1) is 0 Å². The number of benzene rings is 1. The fourth-order valence-electron chi connectivity index (χ4n) is 2.90. The van der Waals surface area contributed by atoms with Gasteiger partial charge in [0, 0.05) is 6.04 Å². The van der Waals surface area contributed by atoms with E-state index < -0.39 is 0 Å². The zero-order valence-corrected chi connectivity index (χ0v) is 10.9. The largest absolute Gasteiger partial charge is 0.497 e. The predicted octanol–water partition coefficient (Wildman–Crippen LogP) is 3.33. The van der Waals surface area contributed by atoms with Crippen LogP contribution in [0.2, 0.25) is 0 Å². The van der Waals surface area contributed by atoms with Crippen LogP contribution in [0.5, 0.6) is 5.75 Å². The van der Waals surface area contributed by atoms with E-state index in [2.05, 4.69) is 36.6 Å². The van der Waals surface area contributed by atoms with E-state index in [1.54, 1.807) is 7.11 Å². The monoisotopic (exact) mass is 233 g/mol. The third kappa shape index (κ3) is 3.01. The van der Waals surface area contributed by atoms with Gasteiger partial charge in [0.05, 0.1) is 7.11 Å². The van der Waals surface area contributed by atoms with Gasteiger partial charge in [0.1, 0.15) is 5.75 Å². The summed E-state index contributed by atoms with van der Waals surface area (Å²) >= 11 is 0. The normalized spacial score (nSPS) is 25.3. The minimum absolute atomic E-state index is 0.630. The van der Waals surface area contributed by atoms with Crippen LogP contribution < -0.4 is 10.1 Å². The summed E-state index contributed by atoms with van der Waals surface area (Å²) in [6.07, 6.45) is 6.70. The molecule has 1 aliphatic rings. The summed E-state index contributed by atoms with van der Waals surface area (Å²) in [6.45, 7) is 0. The van der Waals surface area contributed by atoms with Gasteiger partial charge in [-0.3, -0.25) is 0 Å². The zero-order valence-electron chi connectivity index (χ0n) is 10.9. The van der Waals surface area contributed by atoms with Crippen LogP contribution in [0.25, 0.3) is 0 Å². The average molecular weight is 233 g/mol. The topological polar surface area (TPSA) is 21.3 Å². The molecule has 1 fully saturated rings. The summed E-state index contributed by atoms with van der Waals surface area (Å²) in [5.74, 6) is 1.61. The van der Waals surface area contributed by atoms with E-state index >= 15 is 0 Å². The maximum absolute atomic E-state index is 5.22. The minimum Gasteiger partial charge on any atom is -0.497 e. The lowest BCUT2D eigenvalue weighted by molar-refractivity contribution is 0.413. The van der Waals surface area contributed by atoms with Crippen LogP contribution in [0, 0.1) is 0 Å². The van der Waals surface area contributed by atoms with Crippen molar-refractivity contribution in [3.8, 4) is 5.75 Å². The Morgan fingerprint density at radius 2 is 1.76 bits per heavy atom. The standard InChI is InChI=1S/C15H23NO/c1-16-15-7-5-3-4-6-14(15)12-8-10-13(17-2)11-9-12/h8-11,14-16H,3-7H2,1-2H3. The van der Waals surface area contributed by atoms with Crippen molar-refractivity contribution in [3.05, 3.63) is 29.8 Å². The maximum atomic E-state index is 5.22. The second kappa shape index (κ2) is 6.06. The van der Waals surface area contributed by atoms with Crippen molar-refractivity contribution in [2.24, 2.45) is 0 Å². The van der Waals surface area contributed by atoms with Crippen molar-refractivity contribution in [3.63, 3.8) is 0 Å². The highest BCUT2D eigenvalue weighted by atomic mass is 16.5. The van der Waals surface area contributed by atoms with Gasteiger partial charge < -0.3 is 10.1 Å². The number of likely N-dealkylation sites (N-methyl/N-ethyl adjacent to an activating group) is 1. The van der Waals surface area contributed by atoms with E-state index in [-0.39, 0.29) is 0 Å². The van der Waals surface area contributed by atoms with E-state index in [0.717, 1.165) is 5.75 Å². The first-order chi connectivity index (χ1) is 8.35. The van der Waals surface area contributed by atoms with Crippen LogP contribution in [0.4, 0.5) is 0 Å². The maximum Gasteiger partial charge on any atom is 0.118 e. The Morgan fingerprint density at radius 3 is 2.41 bits per heavy atom. The fraction of sp³-hybridized carbons (Fsp3) is 0.600. The van der Waals surface area contributed by atoms with E-state index in [4.69, 9.17) is 4.74 Å². The van der Waals surface area contributed by atoms with Crippen LogP contribution in [0.3, 0.4) is 0 Å². The van der Waals surface area contributed by atoms with Gasteiger partial charge in [-0.2, -0.15) is 0 Å². The van der Waals surface area contributed by atoms with E-state index in [1.807, 2.05) is 0 Å². The lowest BCUT2D eigenvalue weighted by Crippen LogP contribution is -2.31. The second-order valence-corrected chi connectivity index (χ2v) is 4.91. The highest BCUT2D eigenvalue weighted by Gasteiger charge is 2.23. The van der Waals surface area contributed by atoms with Crippen molar-refractivity contribution >= 4 is 0 Å². The Hall–Kier alpha value is -1.02. The molecule has 0 aliphatic heterocycles. The summed E-state index contributed by atoms with van der Waals surface area (Å²) in [4.78, 5) is 0. The SMILES string of the molecule is CNC1CCCCCC1c1ccc(OC)cc1. The molecule has 2 atom stereocenters. The summed E-state index contributed by atoms with van der Waals surface area (Å²) in [5.41, 5.74) is 1.45. The zero-order chi connectivity index (χ0) is 12.1. The third-order valence-electron chi connectivity index (χ3n) is 3.93. The van der Waals surface area contributed by atoms with Crippen molar-refractivity contribution < 1.29 is 4.74 Å². The predicted molar refractivity (Wildman–Crippen MR) is 71.7 cm³/mol. The molecular formula is C15H23NO. The van der Waals surface area contributed by atoms with Crippen LogP contribution in [-0.2, 0) is 0 Å². The first kappa shape index (κ1) is 12.4. The van der Waals surface area contributed by atoms with Crippen LogP contribution >= 0.6 is 0 Å². The summed E-state index contributed by atoms with van der Waals surface area (Å²) in [5, 5.41) is 3.49. The van der Waals surface area contributed by atoms with Crippen LogP contribution in [-0.4, -0.2) is 20.2 Å². The van der Waals surface area contributed by atoms with Gasteiger partial charge in [0.15, 0.2) is 0 Å². The molecule has 2 unspecified atom stereocenters. The Kier molecular flexibility index (Phi) is 4.43. The van der Waals surface area contributed by atoms with Gasteiger partial charge in [-0.25, -0.2) is 0 Å². The smallest absolute Gasteiger partial charge is 0.118 e. The lowest BCUT2D eigenvalue weighted by Gasteiger charge is -2.25. The number of methoxy groups -OCH3 is 1. The quantitative estimate of drug-likeness (QED) is 0.809. The van der Waals surface area contributed by atoms with Crippen LogP contribution in [0.1, 0.15) is 43.6 Å². The van der Waals surface area contributed by atoms with Crippen molar-refractivity contribution in [2.75, 3.05) is 14.2 Å². The first-order valence-corrected chi connectivity index (χ1v) is 6.66. The summed E-state index contributed by atoms with van der Waals surface area (Å²) in [6, 6.07) is 9.23. The highest BCUT2D eigenvalue weighted by molar-refractivity contribution is 5.30. The molecule has 1 aromatic rings. The van der Waals surface area contributed by atoms with Crippen molar-refractivity contribution in [1.82, 2.24) is 5.32 Å². The molecule has 2 nitrogen and oxygen atoms in total. The minimum atomic E-state index is 0.630. The second-order valence-electron chi connectivity index (χ2n) is 4.91. The average Bonchev–Trinajstić information content (AvgIpc) is 2.64. The van der Waals surface area contributed by atoms with E-state index in [1.165, 1.54) is 37.7 Å². The first-order valence-electron chi connectivity index (χ1n) is 6.66. The Bertz CT molecular complexity index is 333. The number of hydrogen-bond acceptors (Lipinski definition) is 2. The number of nitrogens with one attached hydrogen (secondary N) is 1. The summed E-state index contributed by atoms with van der Waals surface area (Å²) < 4.78 is 5.22. The molecule has 2 heteroatoms. The molecule has 94 valence electrons. The number of hydrogen-bond donors (Lipinski definition) is 1. The highest BCUT2D eigenvalue weighted by Crippen LogP contribution is 2.32. The van der Waals surface area contributed by atoms with Gasteiger partial charge >= 0.3 is 0 Å². The van der Waals surface area contributed by atoms with Crippen molar-refractivity contribution in [1.29, 1.82) is 0 Å². The van der Waals surface area contributed by atoms with Gasteiger partial charge in [-0.1, -0.05) is 31.4 Å². The molecule has 0 amide bonds. The number of rotatable bonds is 3. The summed E-state index contributed by atoms with van der Waals surface area (Å²) in [7, 11) is 3.81. The molecule has 2 rings (SSSR count). The molecule has 17 heavy (non-hydrogen) atoms. The molecule has 0 radical (unpaired) electrons. The van der Waals surface area contributed by atoms with E-state index in [9.17, 15) is 0 Å². The van der Waals surface area contributed by atoms with E-state index in [0.29, 0.717) is 12.0 Å². The molecule has 0 spiro atoms. The Labute approximate surface area is 104 Å². The molecule has 0 heterocycles. The van der Waals surface area contributed by atoms with Crippen molar-refractivity contribution in [2.45, 2.75) is 44.1 Å². The molecule has 0 bridgehead atoms. The molecular weight excluding hydrogens is 210 g/mol. The Balaban J connectivity index is 2.16. The van der Waals surface area contributed by atoms with Gasteiger partial charge in [0.25, 0.3) is 0 Å². The molecule has 0 saturated heterocycles. The van der Waals surface area contributed by atoms with Gasteiger partial charge in [0.2, 0.25) is 0 Å². The molecule has 1 saturated carbocycles. The molecule has 1 aromatic carbocycles.